The molecular formula is C23H28N2O3. The molecular weight excluding hydrogens is 352 g/mol. The molecule has 2 aliphatic rings. The molecule has 28 heavy (non-hydrogen) atoms. The highest BCUT2D eigenvalue weighted by atomic mass is 16.5. The van der Waals surface area contributed by atoms with E-state index in [0.717, 1.165) is 63.1 Å². The maximum atomic E-state index is 12.6. The van der Waals surface area contributed by atoms with Crippen molar-refractivity contribution in [1.82, 2.24) is 5.32 Å². The normalized spacial score (nSPS) is 22.0. The molecule has 3 N–H and O–H groups in total. The summed E-state index contributed by atoms with van der Waals surface area (Å²) in [5.74, 6) is 0.623. The zero-order chi connectivity index (χ0) is 19.3. The van der Waals surface area contributed by atoms with E-state index in [4.69, 9.17) is 4.74 Å². The molecule has 0 spiro atoms. The van der Waals surface area contributed by atoms with Crippen LogP contribution in [-0.4, -0.2) is 36.3 Å². The summed E-state index contributed by atoms with van der Waals surface area (Å²) >= 11 is 0. The number of hydrogen-bond donors (Lipinski definition) is 3. The highest BCUT2D eigenvalue weighted by Gasteiger charge is 2.24. The van der Waals surface area contributed by atoms with Gasteiger partial charge < -0.3 is 20.5 Å². The first-order valence-electron chi connectivity index (χ1n) is 10.3. The molecule has 5 heteroatoms. The smallest absolute Gasteiger partial charge is 0.255 e. The fourth-order valence-electron chi connectivity index (χ4n) is 4.02. The van der Waals surface area contributed by atoms with Gasteiger partial charge in [0, 0.05) is 11.3 Å². The van der Waals surface area contributed by atoms with Crippen LogP contribution in [0.1, 0.15) is 47.2 Å². The molecule has 0 bridgehead atoms. The number of anilines is 1. The zero-order valence-corrected chi connectivity index (χ0v) is 16.1. The van der Waals surface area contributed by atoms with Gasteiger partial charge in [-0.3, -0.25) is 4.79 Å². The number of nitrogens with one attached hydrogen (secondary N) is 2. The van der Waals surface area contributed by atoms with Crippen LogP contribution in [0.2, 0.25) is 0 Å². The summed E-state index contributed by atoms with van der Waals surface area (Å²) < 4.78 is 5.92. The van der Waals surface area contributed by atoms with Crippen molar-refractivity contribution < 1.29 is 14.6 Å². The SMILES string of the molecule is O=C(Nc1ccc(OC2CCCCC2O)cc1)c1ccc2c(c1)CCNCC2. The first-order chi connectivity index (χ1) is 13.7. The number of benzene rings is 2. The molecule has 5 nitrogen and oxygen atoms in total. The molecule has 1 saturated carbocycles. The predicted molar refractivity (Wildman–Crippen MR) is 110 cm³/mol. The van der Waals surface area contributed by atoms with E-state index >= 15 is 0 Å². The minimum atomic E-state index is -0.392. The van der Waals surface area contributed by atoms with Crippen LogP contribution in [0.3, 0.4) is 0 Å². The Kier molecular flexibility index (Phi) is 5.93. The van der Waals surface area contributed by atoms with Gasteiger partial charge in [-0.05, 0) is 92.7 Å². The third kappa shape index (κ3) is 4.54. The molecule has 1 amide bonds. The van der Waals surface area contributed by atoms with Crippen molar-refractivity contribution in [2.75, 3.05) is 18.4 Å². The molecule has 0 radical (unpaired) electrons. The Morgan fingerprint density at radius 1 is 1.00 bits per heavy atom. The molecule has 4 rings (SSSR count). The van der Waals surface area contributed by atoms with Crippen molar-refractivity contribution in [2.45, 2.75) is 50.7 Å². The average molecular weight is 380 g/mol. The van der Waals surface area contributed by atoms with Gasteiger partial charge in [0.05, 0.1) is 6.10 Å². The van der Waals surface area contributed by atoms with Crippen LogP contribution in [0.4, 0.5) is 5.69 Å². The molecule has 1 aliphatic carbocycles. The molecule has 2 aromatic carbocycles. The quantitative estimate of drug-likeness (QED) is 0.761. The van der Waals surface area contributed by atoms with E-state index < -0.39 is 6.10 Å². The third-order valence-corrected chi connectivity index (χ3v) is 5.68. The van der Waals surface area contributed by atoms with Crippen LogP contribution in [0.15, 0.2) is 42.5 Å². The summed E-state index contributed by atoms with van der Waals surface area (Å²) in [5, 5.41) is 16.4. The monoisotopic (exact) mass is 380 g/mol. The van der Waals surface area contributed by atoms with Crippen LogP contribution in [0.25, 0.3) is 0 Å². The summed E-state index contributed by atoms with van der Waals surface area (Å²) in [6.07, 6.45) is 5.27. The van der Waals surface area contributed by atoms with E-state index in [9.17, 15) is 9.90 Å². The molecule has 148 valence electrons. The van der Waals surface area contributed by atoms with Crippen molar-refractivity contribution in [3.05, 3.63) is 59.2 Å². The molecule has 1 aliphatic heterocycles. The lowest BCUT2D eigenvalue weighted by Gasteiger charge is -2.28. The first kappa shape index (κ1) is 19.0. The summed E-state index contributed by atoms with van der Waals surface area (Å²) in [6.45, 7) is 1.94. The second-order valence-electron chi connectivity index (χ2n) is 7.72. The summed E-state index contributed by atoms with van der Waals surface area (Å²) in [6, 6.07) is 13.4. The number of amides is 1. The Morgan fingerprint density at radius 2 is 1.75 bits per heavy atom. The fraction of sp³-hybridized carbons (Fsp3) is 0.435. The van der Waals surface area contributed by atoms with Crippen LogP contribution in [0.5, 0.6) is 5.75 Å². The third-order valence-electron chi connectivity index (χ3n) is 5.68. The van der Waals surface area contributed by atoms with E-state index in [1.54, 1.807) is 0 Å². The van der Waals surface area contributed by atoms with Gasteiger partial charge in [0.1, 0.15) is 11.9 Å². The summed E-state index contributed by atoms with van der Waals surface area (Å²) in [4.78, 5) is 12.6. The Labute approximate surface area is 166 Å². The van der Waals surface area contributed by atoms with Crippen molar-refractivity contribution in [1.29, 1.82) is 0 Å². The van der Waals surface area contributed by atoms with E-state index in [2.05, 4.69) is 16.7 Å². The van der Waals surface area contributed by atoms with Crippen LogP contribution < -0.4 is 15.4 Å². The van der Waals surface area contributed by atoms with Crippen molar-refractivity contribution >= 4 is 11.6 Å². The Hall–Kier alpha value is -2.37. The average Bonchev–Trinajstić information content (AvgIpc) is 2.96. The lowest BCUT2D eigenvalue weighted by Crippen LogP contribution is -2.34. The standard InChI is InChI=1S/C23H28N2O3/c26-21-3-1-2-4-22(21)28-20-9-7-19(8-10-20)25-23(27)18-6-5-16-11-13-24-14-12-17(16)15-18/h5-10,15,21-22,24,26H,1-4,11-14H2,(H,25,27). The lowest BCUT2D eigenvalue weighted by atomic mass is 9.95. The maximum absolute atomic E-state index is 12.6. The van der Waals surface area contributed by atoms with E-state index in [-0.39, 0.29) is 12.0 Å². The minimum Gasteiger partial charge on any atom is -0.488 e. The zero-order valence-electron chi connectivity index (χ0n) is 16.1. The second-order valence-corrected chi connectivity index (χ2v) is 7.72. The Morgan fingerprint density at radius 3 is 2.54 bits per heavy atom. The maximum Gasteiger partial charge on any atom is 0.255 e. The summed E-state index contributed by atoms with van der Waals surface area (Å²) in [5.41, 5.74) is 4.00. The number of aliphatic hydroxyl groups is 1. The number of carbonyl (C=O) groups excluding carboxylic acids is 1. The van der Waals surface area contributed by atoms with Gasteiger partial charge in [-0.15, -0.1) is 0 Å². The van der Waals surface area contributed by atoms with Gasteiger partial charge in [0.25, 0.3) is 5.91 Å². The molecule has 2 aromatic rings. The molecule has 2 unspecified atom stereocenters. The Bertz CT molecular complexity index is 819. The largest absolute Gasteiger partial charge is 0.488 e. The number of rotatable bonds is 4. The predicted octanol–water partition coefficient (Wildman–Crippen LogP) is 3.31. The number of aliphatic hydroxyl groups excluding tert-OH is 1. The summed E-state index contributed by atoms with van der Waals surface area (Å²) in [7, 11) is 0. The van der Waals surface area contributed by atoms with Crippen LogP contribution in [-0.2, 0) is 12.8 Å². The van der Waals surface area contributed by atoms with Crippen molar-refractivity contribution in [3.8, 4) is 5.75 Å². The van der Waals surface area contributed by atoms with E-state index in [1.807, 2.05) is 36.4 Å². The molecule has 0 saturated heterocycles. The van der Waals surface area contributed by atoms with Gasteiger partial charge >= 0.3 is 0 Å². The van der Waals surface area contributed by atoms with Crippen molar-refractivity contribution in [3.63, 3.8) is 0 Å². The highest BCUT2D eigenvalue weighted by molar-refractivity contribution is 6.04. The number of ether oxygens (including phenoxy) is 1. The van der Waals surface area contributed by atoms with Gasteiger partial charge in [-0.25, -0.2) is 0 Å². The van der Waals surface area contributed by atoms with Gasteiger partial charge in [-0.1, -0.05) is 12.5 Å². The molecule has 2 atom stereocenters. The van der Waals surface area contributed by atoms with Crippen LogP contribution in [0, 0.1) is 0 Å². The van der Waals surface area contributed by atoms with E-state index in [0.29, 0.717) is 5.56 Å². The number of fused-ring (bicyclic) bond motifs is 1. The molecule has 1 heterocycles. The number of hydrogen-bond acceptors (Lipinski definition) is 4. The topological polar surface area (TPSA) is 70.6 Å². The van der Waals surface area contributed by atoms with Gasteiger partial charge in [0.15, 0.2) is 0 Å². The van der Waals surface area contributed by atoms with Gasteiger partial charge in [0.2, 0.25) is 0 Å². The molecule has 0 aromatic heterocycles. The number of carbonyl (C=O) groups is 1. The lowest BCUT2D eigenvalue weighted by molar-refractivity contribution is 0.00688. The minimum absolute atomic E-state index is 0.101. The second kappa shape index (κ2) is 8.76. The highest BCUT2D eigenvalue weighted by Crippen LogP contribution is 2.25. The van der Waals surface area contributed by atoms with E-state index in [1.165, 1.54) is 11.1 Å². The fourth-order valence-corrected chi connectivity index (χ4v) is 4.02. The van der Waals surface area contributed by atoms with Crippen molar-refractivity contribution in [2.24, 2.45) is 0 Å². The van der Waals surface area contributed by atoms with Gasteiger partial charge in [-0.2, -0.15) is 0 Å². The Balaban J connectivity index is 1.38. The van der Waals surface area contributed by atoms with Crippen LogP contribution >= 0.6 is 0 Å². The first-order valence-corrected chi connectivity index (χ1v) is 10.3. The molecule has 1 fully saturated rings.